The number of unbranched alkanes of at least 4 members (excludes halogenated alkanes) is 1. The molecule has 100 valence electrons. The Bertz CT molecular complexity index is 402. The summed E-state index contributed by atoms with van der Waals surface area (Å²) in [7, 11) is 0. The molecular formula is C14H21BrN2O. The maximum Gasteiger partial charge on any atom is 0.267 e. The SMILES string of the molecule is CCCCC1CCCC1NC(=O)c1cc(Br)c[nH]1. The lowest BCUT2D eigenvalue weighted by atomic mass is 9.97. The molecule has 0 bridgehead atoms. The van der Waals surface area contributed by atoms with E-state index in [2.05, 4.69) is 33.2 Å². The number of amides is 1. The van der Waals surface area contributed by atoms with Gasteiger partial charge in [-0.05, 0) is 47.2 Å². The van der Waals surface area contributed by atoms with Crippen LogP contribution in [0.3, 0.4) is 0 Å². The number of hydrogen-bond acceptors (Lipinski definition) is 1. The van der Waals surface area contributed by atoms with E-state index in [1.54, 1.807) is 6.20 Å². The molecule has 0 spiro atoms. The van der Waals surface area contributed by atoms with Crippen molar-refractivity contribution < 1.29 is 4.79 Å². The van der Waals surface area contributed by atoms with Crippen molar-refractivity contribution in [3.8, 4) is 0 Å². The lowest BCUT2D eigenvalue weighted by Crippen LogP contribution is -2.37. The number of H-pyrrole nitrogens is 1. The summed E-state index contributed by atoms with van der Waals surface area (Å²) in [5, 5.41) is 3.18. The number of aromatic nitrogens is 1. The van der Waals surface area contributed by atoms with Crippen LogP contribution in [0.15, 0.2) is 16.7 Å². The van der Waals surface area contributed by atoms with Crippen LogP contribution in [0.1, 0.15) is 55.9 Å². The van der Waals surface area contributed by atoms with Crippen LogP contribution in [-0.2, 0) is 0 Å². The zero-order valence-electron chi connectivity index (χ0n) is 10.8. The van der Waals surface area contributed by atoms with E-state index in [1.165, 1.54) is 32.1 Å². The molecule has 4 heteroatoms. The maximum atomic E-state index is 12.1. The minimum Gasteiger partial charge on any atom is -0.356 e. The zero-order valence-corrected chi connectivity index (χ0v) is 12.4. The highest BCUT2D eigenvalue weighted by Crippen LogP contribution is 2.30. The molecule has 0 aliphatic heterocycles. The average molecular weight is 313 g/mol. The topological polar surface area (TPSA) is 44.9 Å². The summed E-state index contributed by atoms with van der Waals surface area (Å²) in [5.41, 5.74) is 0.642. The molecule has 1 heterocycles. The van der Waals surface area contributed by atoms with Gasteiger partial charge in [-0.3, -0.25) is 4.79 Å². The van der Waals surface area contributed by atoms with E-state index in [1.807, 2.05) is 6.07 Å². The zero-order chi connectivity index (χ0) is 13.0. The third-order valence-corrected chi connectivity index (χ3v) is 4.25. The predicted octanol–water partition coefficient (Wildman–Crippen LogP) is 3.87. The van der Waals surface area contributed by atoms with E-state index in [4.69, 9.17) is 0 Å². The summed E-state index contributed by atoms with van der Waals surface area (Å²) in [6.07, 6.45) is 9.18. The lowest BCUT2D eigenvalue weighted by Gasteiger charge is -2.20. The molecule has 1 aliphatic carbocycles. The fraction of sp³-hybridized carbons (Fsp3) is 0.643. The monoisotopic (exact) mass is 312 g/mol. The van der Waals surface area contributed by atoms with E-state index in [-0.39, 0.29) is 5.91 Å². The van der Waals surface area contributed by atoms with Gasteiger partial charge in [-0.15, -0.1) is 0 Å². The highest BCUT2D eigenvalue weighted by Gasteiger charge is 2.28. The molecule has 1 saturated carbocycles. The lowest BCUT2D eigenvalue weighted by molar-refractivity contribution is 0.0922. The summed E-state index contributed by atoms with van der Waals surface area (Å²) in [6.45, 7) is 2.22. The molecule has 0 aromatic carbocycles. The molecule has 1 aliphatic rings. The summed E-state index contributed by atoms with van der Waals surface area (Å²) >= 11 is 3.35. The molecule has 1 aromatic heterocycles. The molecule has 2 atom stereocenters. The van der Waals surface area contributed by atoms with Crippen molar-refractivity contribution in [3.05, 3.63) is 22.4 Å². The highest BCUT2D eigenvalue weighted by atomic mass is 79.9. The van der Waals surface area contributed by atoms with E-state index in [9.17, 15) is 4.79 Å². The van der Waals surface area contributed by atoms with Crippen LogP contribution in [0.2, 0.25) is 0 Å². The Hall–Kier alpha value is -0.770. The van der Waals surface area contributed by atoms with Crippen LogP contribution < -0.4 is 5.32 Å². The molecule has 1 aromatic rings. The van der Waals surface area contributed by atoms with Gasteiger partial charge in [-0.2, -0.15) is 0 Å². The van der Waals surface area contributed by atoms with Crippen molar-refractivity contribution in [1.82, 2.24) is 10.3 Å². The molecule has 2 unspecified atom stereocenters. The first-order valence-electron chi connectivity index (χ1n) is 6.85. The average Bonchev–Trinajstić information content (AvgIpc) is 2.96. The Morgan fingerprint density at radius 1 is 1.56 bits per heavy atom. The largest absolute Gasteiger partial charge is 0.356 e. The van der Waals surface area contributed by atoms with Gasteiger partial charge >= 0.3 is 0 Å². The first-order valence-corrected chi connectivity index (χ1v) is 7.64. The summed E-state index contributed by atoms with van der Waals surface area (Å²) < 4.78 is 0.918. The van der Waals surface area contributed by atoms with E-state index < -0.39 is 0 Å². The van der Waals surface area contributed by atoms with Gasteiger partial charge in [0, 0.05) is 16.7 Å². The Morgan fingerprint density at radius 3 is 3.06 bits per heavy atom. The van der Waals surface area contributed by atoms with Gasteiger partial charge in [-0.25, -0.2) is 0 Å². The quantitative estimate of drug-likeness (QED) is 0.851. The fourth-order valence-corrected chi connectivity index (χ4v) is 3.13. The summed E-state index contributed by atoms with van der Waals surface area (Å²) in [5.74, 6) is 0.696. The number of hydrogen-bond donors (Lipinski definition) is 2. The van der Waals surface area contributed by atoms with E-state index in [0.717, 1.165) is 10.9 Å². The second-order valence-electron chi connectivity index (χ2n) is 5.14. The molecular weight excluding hydrogens is 292 g/mol. The van der Waals surface area contributed by atoms with Gasteiger partial charge in [-0.1, -0.05) is 26.2 Å². The number of nitrogens with one attached hydrogen (secondary N) is 2. The maximum absolute atomic E-state index is 12.1. The second kappa shape index (κ2) is 6.41. The van der Waals surface area contributed by atoms with E-state index >= 15 is 0 Å². The van der Waals surface area contributed by atoms with Gasteiger partial charge in [0.2, 0.25) is 0 Å². The van der Waals surface area contributed by atoms with Crippen molar-refractivity contribution in [2.45, 2.75) is 51.5 Å². The molecule has 3 nitrogen and oxygen atoms in total. The van der Waals surface area contributed by atoms with Crippen molar-refractivity contribution in [2.24, 2.45) is 5.92 Å². The van der Waals surface area contributed by atoms with Crippen molar-refractivity contribution in [2.75, 3.05) is 0 Å². The van der Waals surface area contributed by atoms with Crippen LogP contribution in [0.25, 0.3) is 0 Å². The van der Waals surface area contributed by atoms with Crippen molar-refractivity contribution >= 4 is 21.8 Å². The van der Waals surface area contributed by atoms with Crippen LogP contribution >= 0.6 is 15.9 Å². The number of aromatic amines is 1. The smallest absolute Gasteiger partial charge is 0.267 e. The van der Waals surface area contributed by atoms with Crippen LogP contribution in [0, 0.1) is 5.92 Å². The molecule has 1 amide bonds. The summed E-state index contributed by atoms with van der Waals surface area (Å²) in [6, 6.07) is 2.19. The van der Waals surface area contributed by atoms with Crippen LogP contribution in [0.4, 0.5) is 0 Å². The summed E-state index contributed by atoms with van der Waals surface area (Å²) in [4.78, 5) is 15.0. The van der Waals surface area contributed by atoms with Gasteiger partial charge in [0.25, 0.3) is 5.91 Å². The highest BCUT2D eigenvalue weighted by molar-refractivity contribution is 9.10. The van der Waals surface area contributed by atoms with Gasteiger partial charge in [0.1, 0.15) is 5.69 Å². The molecule has 0 radical (unpaired) electrons. The Kier molecular flexibility index (Phi) is 4.87. The normalized spacial score (nSPS) is 23.2. The molecule has 18 heavy (non-hydrogen) atoms. The Labute approximate surface area is 117 Å². The third-order valence-electron chi connectivity index (χ3n) is 3.80. The Morgan fingerprint density at radius 2 is 2.39 bits per heavy atom. The minimum atomic E-state index is 0.0223. The van der Waals surface area contributed by atoms with E-state index in [0.29, 0.717) is 17.7 Å². The Balaban J connectivity index is 1.90. The van der Waals surface area contributed by atoms with Crippen LogP contribution in [-0.4, -0.2) is 16.9 Å². The van der Waals surface area contributed by atoms with Crippen molar-refractivity contribution in [3.63, 3.8) is 0 Å². The van der Waals surface area contributed by atoms with Crippen molar-refractivity contribution in [1.29, 1.82) is 0 Å². The number of carbonyl (C=O) groups is 1. The number of rotatable bonds is 5. The number of halogens is 1. The first-order chi connectivity index (χ1) is 8.70. The van der Waals surface area contributed by atoms with Gasteiger partial charge in [0.05, 0.1) is 0 Å². The fourth-order valence-electron chi connectivity index (χ4n) is 2.78. The molecule has 2 rings (SSSR count). The first kappa shape index (κ1) is 13.7. The molecule has 0 saturated heterocycles. The van der Waals surface area contributed by atoms with Gasteiger partial charge < -0.3 is 10.3 Å². The standard InChI is InChI=1S/C14H21BrN2O/c1-2-3-5-10-6-4-7-12(10)17-14(18)13-8-11(15)9-16-13/h8-10,12,16H,2-7H2,1H3,(H,17,18). The number of carbonyl (C=O) groups excluding carboxylic acids is 1. The molecule has 1 fully saturated rings. The van der Waals surface area contributed by atoms with Crippen LogP contribution in [0.5, 0.6) is 0 Å². The minimum absolute atomic E-state index is 0.0223. The third kappa shape index (κ3) is 3.37. The second-order valence-corrected chi connectivity index (χ2v) is 6.06. The predicted molar refractivity (Wildman–Crippen MR) is 76.6 cm³/mol. The van der Waals surface area contributed by atoms with Gasteiger partial charge in [0.15, 0.2) is 0 Å². The molecule has 2 N–H and O–H groups in total.